The second kappa shape index (κ2) is 8.01. The predicted octanol–water partition coefficient (Wildman–Crippen LogP) is 1.23. The summed E-state index contributed by atoms with van der Waals surface area (Å²) < 4.78 is 10.4. The molecule has 0 spiro atoms. The fraction of sp³-hybridized carbons (Fsp3) is 0.529. The molecule has 1 aromatic rings. The first-order chi connectivity index (χ1) is 11.5. The average molecular weight is 335 g/mol. The number of carbonyl (C=O) groups is 2. The van der Waals surface area contributed by atoms with Crippen LogP contribution in [0.15, 0.2) is 18.2 Å². The van der Waals surface area contributed by atoms with Crippen LogP contribution < -0.4 is 20.5 Å². The van der Waals surface area contributed by atoms with E-state index in [2.05, 4.69) is 10.2 Å². The van der Waals surface area contributed by atoms with Crippen molar-refractivity contribution in [1.29, 1.82) is 0 Å². The summed E-state index contributed by atoms with van der Waals surface area (Å²) in [6.45, 7) is 3.24. The number of methoxy groups -OCH3 is 2. The van der Waals surface area contributed by atoms with Gasteiger partial charge in [-0.2, -0.15) is 0 Å². The number of nitrogens with zero attached hydrogens (tertiary/aromatic N) is 1. The fourth-order valence-electron chi connectivity index (χ4n) is 2.90. The number of nitrogens with one attached hydrogen (secondary N) is 1. The van der Waals surface area contributed by atoms with Crippen molar-refractivity contribution in [3.8, 4) is 11.5 Å². The van der Waals surface area contributed by atoms with E-state index in [0.717, 1.165) is 0 Å². The Labute approximate surface area is 142 Å². The molecule has 3 N–H and O–H groups in total. The highest BCUT2D eigenvalue weighted by Crippen LogP contribution is 2.30. The van der Waals surface area contributed by atoms with E-state index in [4.69, 9.17) is 15.2 Å². The average Bonchev–Trinajstić information content (AvgIpc) is 2.60. The molecule has 1 fully saturated rings. The molecule has 24 heavy (non-hydrogen) atoms. The molecular formula is C17H25N3O4. The van der Waals surface area contributed by atoms with Gasteiger partial charge in [-0.3, -0.25) is 14.5 Å². The zero-order chi connectivity index (χ0) is 17.7. The fourth-order valence-corrected chi connectivity index (χ4v) is 2.90. The van der Waals surface area contributed by atoms with Crippen molar-refractivity contribution in [1.82, 2.24) is 4.90 Å². The lowest BCUT2D eigenvalue weighted by molar-refractivity contribution is -0.124. The number of piperidine rings is 1. The second-order valence-electron chi connectivity index (χ2n) is 5.95. The number of benzene rings is 1. The lowest BCUT2D eigenvalue weighted by Gasteiger charge is -2.34. The molecule has 7 heteroatoms. The van der Waals surface area contributed by atoms with Gasteiger partial charge in [-0.05, 0) is 45.0 Å². The van der Waals surface area contributed by atoms with Gasteiger partial charge in [0, 0.05) is 17.7 Å². The van der Waals surface area contributed by atoms with Crippen molar-refractivity contribution in [2.24, 2.45) is 11.7 Å². The molecule has 0 bridgehead atoms. The summed E-state index contributed by atoms with van der Waals surface area (Å²) in [7, 11) is 3.11. The lowest BCUT2D eigenvalue weighted by atomic mass is 9.95. The molecule has 0 radical (unpaired) electrons. The van der Waals surface area contributed by atoms with E-state index in [-0.39, 0.29) is 23.8 Å². The highest BCUT2D eigenvalue weighted by molar-refractivity contribution is 5.94. The maximum Gasteiger partial charge on any atom is 0.241 e. The monoisotopic (exact) mass is 335 g/mol. The third-order valence-corrected chi connectivity index (χ3v) is 4.51. The molecule has 0 aliphatic carbocycles. The first kappa shape index (κ1) is 18.1. The number of carbonyl (C=O) groups excluding carboxylic acids is 2. The Morgan fingerprint density at radius 2 is 1.83 bits per heavy atom. The van der Waals surface area contributed by atoms with E-state index in [1.54, 1.807) is 32.4 Å². The van der Waals surface area contributed by atoms with Gasteiger partial charge in [0.15, 0.2) is 11.5 Å². The minimum Gasteiger partial charge on any atom is -0.493 e. The number of anilines is 1. The molecule has 0 unspecified atom stereocenters. The maximum absolute atomic E-state index is 12.5. The van der Waals surface area contributed by atoms with Gasteiger partial charge < -0.3 is 20.5 Å². The van der Waals surface area contributed by atoms with Gasteiger partial charge >= 0.3 is 0 Å². The van der Waals surface area contributed by atoms with Crippen LogP contribution in [-0.2, 0) is 9.59 Å². The van der Waals surface area contributed by atoms with E-state index in [1.807, 2.05) is 6.92 Å². The van der Waals surface area contributed by atoms with Crippen molar-refractivity contribution in [2.45, 2.75) is 25.8 Å². The number of nitrogens with two attached hydrogens (primary N) is 1. The van der Waals surface area contributed by atoms with Crippen LogP contribution in [0.3, 0.4) is 0 Å². The van der Waals surface area contributed by atoms with Crippen molar-refractivity contribution in [2.75, 3.05) is 32.6 Å². The lowest BCUT2D eigenvalue weighted by Crippen LogP contribution is -2.47. The predicted molar refractivity (Wildman–Crippen MR) is 91.1 cm³/mol. The Kier molecular flexibility index (Phi) is 6.03. The number of rotatable bonds is 6. The SMILES string of the molecule is COc1ccc(NC(=O)[C@@H](C)N2CCC(C(N)=O)CC2)cc1OC. The molecule has 7 nitrogen and oxygen atoms in total. The quantitative estimate of drug-likeness (QED) is 0.815. The number of hydrogen-bond donors (Lipinski definition) is 2. The molecular weight excluding hydrogens is 310 g/mol. The third-order valence-electron chi connectivity index (χ3n) is 4.51. The summed E-state index contributed by atoms with van der Waals surface area (Å²) in [6, 6.07) is 4.96. The van der Waals surface area contributed by atoms with E-state index in [1.165, 1.54) is 0 Å². The zero-order valence-electron chi connectivity index (χ0n) is 14.4. The number of amides is 2. The molecule has 1 aliphatic rings. The highest BCUT2D eigenvalue weighted by atomic mass is 16.5. The Morgan fingerprint density at radius 1 is 1.21 bits per heavy atom. The zero-order valence-corrected chi connectivity index (χ0v) is 14.4. The number of likely N-dealkylation sites (tertiary alicyclic amines) is 1. The van der Waals surface area contributed by atoms with Gasteiger partial charge in [-0.1, -0.05) is 0 Å². The van der Waals surface area contributed by atoms with E-state index < -0.39 is 0 Å². The maximum atomic E-state index is 12.5. The molecule has 1 aromatic carbocycles. The van der Waals surface area contributed by atoms with E-state index in [9.17, 15) is 9.59 Å². The van der Waals surface area contributed by atoms with Crippen LogP contribution in [0.4, 0.5) is 5.69 Å². The number of ether oxygens (including phenoxy) is 2. The molecule has 132 valence electrons. The van der Waals surface area contributed by atoms with Crippen LogP contribution in [-0.4, -0.2) is 50.1 Å². The van der Waals surface area contributed by atoms with E-state index in [0.29, 0.717) is 43.1 Å². The first-order valence-electron chi connectivity index (χ1n) is 8.02. The topological polar surface area (TPSA) is 93.9 Å². The van der Waals surface area contributed by atoms with Crippen LogP contribution in [0.1, 0.15) is 19.8 Å². The van der Waals surface area contributed by atoms with Crippen LogP contribution in [0.25, 0.3) is 0 Å². The van der Waals surface area contributed by atoms with Crippen LogP contribution >= 0.6 is 0 Å². The molecule has 1 aliphatic heterocycles. The molecule has 1 atom stereocenters. The van der Waals surface area contributed by atoms with Crippen molar-refractivity contribution in [3.63, 3.8) is 0 Å². The largest absolute Gasteiger partial charge is 0.493 e. The Bertz CT molecular complexity index is 597. The van der Waals surface area contributed by atoms with Crippen molar-refractivity contribution >= 4 is 17.5 Å². The summed E-state index contributed by atoms with van der Waals surface area (Å²) in [6.07, 6.45) is 1.40. The Balaban J connectivity index is 1.96. The minimum atomic E-state index is -0.285. The minimum absolute atomic E-state index is 0.0811. The number of hydrogen-bond acceptors (Lipinski definition) is 5. The van der Waals surface area contributed by atoms with Crippen molar-refractivity contribution < 1.29 is 19.1 Å². The van der Waals surface area contributed by atoms with E-state index >= 15 is 0 Å². The van der Waals surface area contributed by atoms with Gasteiger partial charge in [-0.25, -0.2) is 0 Å². The molecule has 0 saturated carbocycles. The van der Waals surface area contributed by atoms with Gasteiger partial charge in [0.05, 0.1) is 20.3 Å². The third kappa shape index (κ3) is 4.17. The van der Waals surface area contributed by atoms with Gasteiger partial charge in [0.1, 0.15) is 0 Å². The second-order valence-corrected chi connectivity index (χ2v) is 5.95. The Morgan fingerprint density at radius 3 is 2.38 bits per heavy atom. The highest BCUT2D eigenvalue weighted by Gasteiger charge is 2.28. The summed E-state index contributed by atoms with van der Waals surface area (Å²) in [5.74, 6) is 0.737. The van der Waals surface area contributed by atoms with Gasteiger partial charge in [0.2, 0.25) is 11.8 Å². The Hall–Kier alpha value is -2.28. The van der Waals surface area contributed by atoms with Crippen LogP contribution in [0, 0.1) is 5.92 Å². The molecule has 0 aromatic heterocycles. The number of primary amides is 1. The van der Waals surface area contributed by atoms with Gasteiger partial charge in [0.25, 0.3) is 0 Å². The summed E-state index contributed by atoms with van der Waals surface area (Å²) >= 11 is 0. The molecule has 2 amide bonds. The summed E-state index contributed by atoms with van der Waals surface area (Å²) in [5.41, 5.74) is 5.99. The summed E-state index contributed by atoms with van der Waals surface area (Å²) in [4.78, 5) is 25.8. The van der Waals surface area contributed by atoms with Crippen LogP contribution in [0.2, 0.25) is 0 Å². The smallest absolute Gasteiger partial charge is 0.241 e. The standard InChI is InChI=1S/C17H25N3O4/c1-11(20-8-6-12(7-9-20)16(18)21)17(22)19-13-4-5-14(23-2)15(10-13)24-3/h4-5,10-12H,6-9H2,1-3H3,(H2,18,21)(H,19,22)/t11-/m1/s1. The molecule has 2 rings (SSSR count). The summed E-state index contributed by atoms with van der Waals surface area (Å²) in [5, 5.41) is 2.89. The first-order valence-corrected chi connectivity index (χ1v) is 8.02. The van der Waals surface area contributed by atoms with Crippen molar-refractivity contribution in [3.05, 3.63) is 18.2 Å². The van der Waals surface area contributed by atoms with Gasteiger partial charge in [-0.15, -0.1) is 0 Å². The normalized spacial score (nSPS) is 17.1. The molecule has 1 saturated heterocycles. The molecule has 1 heterocycles. The van der Waals surface area contributed by atoms with Crippen LogP contribution in [0.5, 0.6) is 11.5 Å².